The van der Waals surface area contributed by atoms with Gasteiger partial charge < -0.3 is 10.2 Å². The van der Waals surface area contributed by atoms with E-state index in [1.165, 1.54) is 0 Å². The largest absolute Gasteiger partial charge is 0.423 e. The summed E-state index contributed by atoms with van der Waals surface area (Å²) in [6.07, 6.45) is 1.63. The summed E-state index contributed by atoms with van der Waals surface area (Å²) in [7, 11) is 0. The fourth-order valence-electron chi connectivity index (χ4n) is 1.55. The van der Waals surface area contributed by atoms with Crippen LogP contribution in [0.4, 0.5) is 17.5 Å². The molecular formula is C12H10N4O. The van der Waals surface area contributed by atoms with Crippen molar-refractivity contribution in [1.29, 1.82) is 0 Å². The zero-order valence-corrected chi connectivity index (χ0v) is 8.92. The number of oxazole rings is 1. The average Bonchev–Trinajstić information content (AvgIpc) is 2.71. The number of pyridine rings is 1. The lowest BCUT2D eigenvalue weighted by Crippen LogP contribution is -1.94. The van der Waals surface area contributed by atoms with Crippen LogP contribution in [0.25, 0.3) is 11.1 Å². The standard InChI is InChI=1S/C12H10N4O/c13-8-5-6-14-11(7-8)16-12-15-9-3-1-2-4-10(9)17-12/h1-7H,(H3,13,14,15,16). The third kappa shape index (κ3) is 1.90. The Bertz CT molecular complexity index is 629. The molecule has 0 bridgehead atoms. The number of hydrogen-bond acceptors (Lipinski definition) is 5. The molecule has 0 amide bonds. The van der Waals surface area contributed by atoms with Crippen molar-refractivity contribution in [1.82, 2.24) is 9.97 Å². The van der Waals surface area contributed by atoms with Crippen LogP contribution in [-0.4, -0.2) is 9.97 Å². The van der Waals surface area contributed by atoms with E-state index in [-0.39, 0.29) is 0 Å². The molecular weight excluding hydrogens is 216 g/mol. The summed E-state index contributed by atoms with van der Waals surface area (Å²) in [4.78, 5) is 8.39. The highest BCUT2D eigenvalue weighted by atomic mass is 16.4. The molecule has 0 aliphatic rings. The van der Waals surface area contributed by atoms with Gasteiger partial charge in [-0.25, -0.2) is 4.98 Å². The molecule has 17 heavy (non-hydrogen) atoms. The van der Waals surface area contributed by atoms with Crippen molar-refractivity contribution in [2.45, 2.75) is 0 Å². The number of hydrogen-bond donors (Lipinski definition) is 2. The lowest BCUT2D eigenvalue weighted by Gasteiger charge is -2.00. The maximum Gasteiger partial charge on any atom is 0.301 e. The van der Waals surface area contributed by atoms with Gasteiger partial charge in [-0.05, 0) is 18.2 Å². The van der Waals surface area contributed by atoms with E-state index in [1.54, 1.807) is 18.3 Å². The van der Waals surface area contributed by atoms with Crippen LogP contribution >= 0.6 is 0 Å². The van der Waals surface area contributed by atoms with Gasteiger partial charge in [0.1, 0.15) is 11.3 Å². The Labute approximate surface area is 97.3 Å². The van der Waals surface area contributed by atoms with Crippen molar-refractivity contribution in [3.05, 3.63) is 42.6 Å². The van der Waals surface area contributed by atoms with E-state index in [4.69, 9.17) is 10.2 Å². The molecule has 0 unspecified atom stereocenters. The number of anilines is 3. The number of fused-ring (bicyclic) bond motifs is 1. The first-order valence-corrected chi connectivity index (χ1v) is 5.15. The fraction of sp³-hybridized carbons (Fsp3) is 0. The minimum absolute atomic E-state index is 0.407. The molecule has 0 aliphatic carbocycles. The van der Waals surface area contributed by atoms with E-state index in [0.29, 0.717) is 17.5 Å². The van der Waals surface area contributed by atoms with Gasteiger partial charge in [0.15, 0.2) is 5.58 Å². The Morgan fingerprint density at radius 3 is 2.88 bits per heavy atom. The summed E-state index contributed by atoms with van der Waals surface area (Å²) in [5.74, 6) is 0.608. The topological polar surface area (TPSA) is 77.0 Å². The summed E-state index contributed by atoms with van der Waals surface area (Å²) >= 11 is 0. The molecule has 84 valence electrons. The number of aromatic nitrogens is 2. The van der Waals surface area contributed by atoms with E-state index in [9.17, 15) is 0 Å². The smallest absolute Gasteiger partial charge is 0.301 e. The van der Waals surface area contributed by atoms with Gasteiger partial charge in [-0.15, -0.1) is 0 Å². The molecule has 5 heteroatoms. The Kier molecular flexibility index (Phi) is 2.15. The summed E-state index contributed by atoms with van der Waals surface area (Å²) in [6.45, 7) is 0. The second-order valence-corrected chi connectivity index (χ2v) is 3.59. The Balaban J connectivity index is 1.94. The SMILES string of the molecule is Nc1ccnc(Nc2nc3ccccc3o2)c1. The molecule has 0 spiro atoms. The highest BCUT2D eigenvalue weighted by molar-refractivity contribution is 5.74. The van der Waals surface area contributed by atoms with Crippen LogP contribution in [0, 0.1) is 0 Å². The predicted molar refractivity (Wildman–Crippen MR) is 65.9 cm³/mol. The highest BCUT2D eigenvalue weighted by Gasteiger charge is 2.05. The Hall–Kier alpha value is -2.56. The second kappa shape index (κ2) is 3.79. The van der Waals surface area contributed by atoms with Crippen LogP contribution < -0.4 is 11.1 Å². The number of nitrogens with zero attached hydrogens (tertiary/aromatic N) is 2. The van der Waals surface area contributed by atoms with Gasteiger partial charge >= 0.3 is 6.01 Å². The molecule has 3 aromatic rings. The van der Waals surface area contributed by atoms with Crippen LogP contribution in [0.1, 0.15) is 0 Å². The maximum atomic E-state index is 5.66. The van der Waals surface area contributed by atoms with Crippen LogP contribution in [0.5, 0.6) is 0 Å². The van der Waals surface area contributed by atoms with Gasteiger partial charge in [0.05, 0.1) is 0 Å². The van der Waals surface area contributed by atoms with Gasteiger partial charge in [-0.1, -0.05) is 12.1 Å². The van der Waals surface area contributed by atoms with Crippen LogP contribution in [0.3, 0.4) is 0 Å². The predicted octanol–water partition coefficient (Wildman–Crippen LogP) is 2.55. The Morgan fingerprint density at radius 2 is 2.06 bits per heavy atom. The van der Waals surface area contributed by atoms with Crippen molar-refractivity contribution in [2.24, 2.45) is 0 Å². The summed E-state index contributed by atoms with van der Waals surface area (Å²) < 4.78 is 5.51. The van der Waals surface area contributed by atoms with E-state index in [2.05, 4.69) is 15.3 Å². The fourth-order valence-corrected chi connectivity index (χ4v) is 1.55. The van der Waals surface area contributed by atoms with Gasteiger partial charge in [0, 0.05) is 18.0 Å². The average molecular weight is 226 g/mol. The maximum absolute atomic E-state index is 5.66. The molecule has 1 aromatic carbocycles. The number of nitrogen functional groups attached to an aromatic ring is 1. The summed E-state index contributed by atoms with van der Waals surface area (Å²) in [5.41, 5.74) is 7.83. The van der Waals surface area contributed by atoms with Crippen molar-refractivity contribution in [2.75, 3.05) is 11.1 Å². The lowest BCUT2D eigenvalue weighted by molar-refractivity contribution is 0.622. The van der Waals surface area contributed by atoms with Gasteiger partial charge in [0.25, 0.3) is 0 Å². The molecule has 5 nitrogen and oxygen atoms in total. The second-order valence-electron chi connectivity index (χ2n) is 3.59. The molecule has 2 aromatic heterocycles. The highest BCUT2D eigenvalue weighted by Crippen LogP contribution is 2.21. The first-order valence-electron chi connectivity index (χ1n) is 5.15. The lowest BCUT2D eigenvalue weighted by atomic mass is 10.3. The van der Waals surface area contributed by atoms with E-state index in [1.807, 2.05) is 24.3 Å². The minimum atomic E-state index is 0.407. The molecule has 0 atom stereocenters. The summed E-state index contributed by atoms with van der Waals surface area (Å²) in [6, 6.07) is 11.4. The third-order valence-corrected chi connectivity index (χ3v) is 2.31. The van der Waals surface area contributed by atoms with Gasteiger partial charge in [0.2, 0.25) is 0 Å². The van der Waals surface area contributed by atoms with Crippen LogP contribution in [0.15, 0.2) is 47.0 Å². The molecule has 2 heterocycles. The number of benzene rings is 1. The van der Waals surface area contributed by atoms with Crippen molar-refractivity contribution in [3.8, 4) is 0 Å². The number of para-hydroxylation sites is 2. The zero-order chi connectivity index (χ0) is 11.7. The molecule has 0 aliphatic heterocycles. The van der Waals surface area contributed by atoms with E-state index in [0.717, 1.165) is 11.1 Å². The number of rotatable bonds is 2. The normalized spacial score (nSPS) is 10.6. The molecule has 0 saturated carbocycles. The molecule has 0 radical (unpaired) electrons. The third-order valence-electron chi connectivity index (χ3n) is 2.31. The first-order chi connectivity index (χ1) is 8.31. The quantitative estimate of drug-likeness (QED) is 0.702. The first kappa shape index (κ1) is 9.65. The Morgan fingerprint density at radius 1 is 1.18 bits per heavy atom. The molecule has 3 N–H and O–H groups in total. The van der Waals surface area contributed by atoms with Crippen molar-refractivity contribution in [3.63, 3.8) is 0 Å². The van der Waals surface area contributed by atoms with Crippen molar-refractivity contribution >= 4 is 28.6 Å². The van der Waals surface area contributed by atoms with Gasteiger partial charge in [-0.2, -0.15) is 4.98 Å². The van der Waals surface area contributed by atoms with Crippen LogP contribution in [-0.2, 0) is 0 Å². The minimum Gasteiger partial charge on any atom is -0.423 e. The van der Waals surface area contributed by atoms with Gasteiger partial charge in [-0.3, -0.25) is 5.32 Å². The van der Waals surface area contributed by atoms with Crippen molar-refractivity contribution < 1.29 is 4.42 Å². The monoisotopic (exact) mass is 226 g/mol. The summed E-state index contributed by atoms with van der Waals surface area (Å²) in [5, 5.41) is 2.97. The number of nitrogens with one attached hydrogen (secondary N) is 1. The molecule has 0 fully saturated rings. The zero-order valence-electron chi connectivity index (χ0n) is 8.92. The molecule has 0 saturated heterocycles. The molecule has 3 rings (SSSR count). The number of nitrogens with two attached hydrogens (primary N) is 1. The van der Waals surface area contributed by atoms with E-state index < -0.39 is 0 Å². The van der Waals surface area contributed by atoms with Crippen LogP contribution in [0.2, 0.25) is 0 Å². The van der Waals surface area contributed by atoms with E-state index >= 15 is 0 Å².